The highest BCUT2D eigenvalue weighted by Crippen LogP contribution is 2.10. The summed E-state index contributed by atoms with van der Waals surface area (Å²) in [6.45, 7) is 0. The number of carbonyl (C=O) groups is 1. The van der Waals surface area contributed by atoms with Gasteiger partial charge in [-0.15, -0.1) is 11.3 Å². The maximum atomic E-state index is 11.7. The first kappa shape index (κ1) is 11.5. The van der Waals surface area contributed by atoms with Gasteiger partial charge in [0.2, 0.25) is 0 Å². The molecular formula is C12H10N2O2S. The van der Waals surface area contributed by atoms with Crippen molar-refractivity contribution in [1.82, 2.24) is 9.78 Å². The molecule has 0 saturated heterocycles. The largest absolute Gasteiger partial charge is 0.289 e. The zero-order valence-corrected chi connectivity index (χ0v) is 9.98. The van der Waals surface area contributed by atoms with Crippen molar-refractivity contribution in [3.8, 4) is 0 Å². The van der Waals surface area contributed by atoms with Crippen LogP contribution >= 0.6 is 11.3 Å². The summed E-state index contributed by atoms with van der Waals surface area (Å²) < 4.78 is 1.18. The number of carbonyl (C=O) groups excluding carboxylic acids is 1. The molecule has 4 nitrogen and oxygen atoms in total. The fraction of sp³-hybridized carbons (Fsp3) is 0.0833. The first-order valence-electron chi connectivity index (χ1n) is 4.96. The maximum absolute atomic E-state index is 11.7. The standard InChI is InChI=1S/C12H10N2O2S/c1-14-12(16)7-9(8-13-14)11(15)5-4-10-3-2-6-17-10/h2-8H,1H3/b5-4+. The molecule has 2 aromatic rings. The number of nitrogens with zero attached hydrogens (tertiary/aromatic N) is 2. The Hall–Kier alpha value is -2.01. The van der Waals surface area contributed by atoms with Gasteiger partial charge in [-0.05, 0) is 23.6 Å². The van der Waals surface area contributed by atoms with Gasteiger partial charge in [0.25, 0.3) is 5.56 Å². The van der Waals surface area contributed by atoms with Crippen LogP contribution in [0.3, 0.4) is 0 Å². The number of hydrogen-bond donors (Lipinski definition) is 0. The van der Waals surface area contributed by atoms with E-state index in [0.717, 1.165) is 4.88 Å². The van der Waals surface area contributed by atoms with Crippen LogP contribution < -0.4 is 5.56 Å². The molecule has 0 N–H and O–H groups in total. The minimum atomic E-state index is -0.291. The smallest absolute Gasteiger partial charge is 0.267 e. The summed E-state index contributed by atoms with van der Waals surface area (Å²) >= 11 is 1.55. The van der Waals surface area contributed by atoms with Crippen LogP contribution in [-0.2, 0) is 7.05 Å². The van der Waals surface area contributed by atoms with E-state index < -0.39 is 0 Å². The first-order chi connectivity index (χ1) is 8.16. The first-order valence-corrected chi connectivity index (χ1v) is 5.84. The highest BCUT2D eigenvalue weighted by atomic mass is 32.1. The minimum Gasteiger partial charge on any atom is -0.289 e. The molecule has 2 aromatic heterocycles. The van der Waals surface area contributed by atoms with Crippen LogP contribution in [-0.4, -0.2) is 15.6 Å². The van der Waals surface area contributed by atoms with Gasteiger partial charge >= 0.3 is 0 Å². The Bertz CT molecular complexity index is 612. The average Bonchev–Trinajstić information content (AvgIpc) is 2.82. The summed E-state index contributed by atoms with van der Waals surface area (Å²) in [5, 5.41) is 5.73. The summed E-state index contributed by atoms with van der Waals surface area (Å²) in [6.07, 6.45) is 4.56. The molecule has 17 heavy (non-hydrogen) atoms. The fourth-order valence-corrected chi connectivity index (χ4v) is 1.86. The molecule has 0 spiro atoms. The Balaban J connectivity index is 2.20. The Morgan fingerprint density at radius 3 is 3.00 bits per heavy atom. The van der Waals surface area contributed by atoms with E-state index in [2.05, 4.69) is 5.10 Å². The Morgan fingerprint density at radius 1 is 1.53 bits per heavy atom. The van der Waals surface area contributed by atoms with E-state index in [9.17, 15) is 9.59 Å². The topological polar surface area (TPSA) is 52.0 Å². The Kier molecular flexibility index (Phi) is 3.30. The van der Waals surface area contributed by atoms with Crippen molar-refractivity contribution >= 4 is 23.2 Å². The van der Waals surface area contributed by atoms with Crippen LogP contribution in [0.5, 0.6) is 0 Å². The Labute approximate surface area is 102 Å². The number of thiophene rings is 1. The van der Waals surface area contributed by atoms with E-state index in [4.69, 9.17) is 0 Å². The molecule has 86 valence electrons. The molecular weight excluding hydrogens is 236 g/mol. The molecule has 0 amide bonds. The number of allylic oxidation sites excluding steroid dienone is 1. The predicted octanol–water partition coefficient (Wildman–Crippen LogP) is 1.74. The molecule has 0 atom stereocenters. The molecule has 0 aliphatic heterocycles. The van der Waals surface area contributed by atoms with Crippen LogP contribution in [0.4, 0.5) is 0 Å². The fourth-order valence-electron chi connectivity index (χ4n) is 1.24. The van der Waals surface area contributed by atoms with E-state index >= 15 is 0 Å². The number of hydrogen-bond acceptors (Lipinski definition) is 4. The lowest BCUT2D eigenvalue weighted by atomic mass is 10.2. The second-order valence-electron chi connectivity index (χ2n) is 3.42. The molecule has 0 radical (unpaired) electrons. The number of rotatable bonds is 3. The normalized spacial score (nSPS) is 10.9. The van der Waals surface area contributed by atoms with E-state index in [1.165, 1.54) is 30.1 Å². The van der Waals surface area contributed by atoms with Crippen LogP contribution in [0, 0.1) is 0 Å². The zero-order valence-electron chi connectivity index (χ0n) is 9.16. The third-order valence-corrected chi connectivity index (χ3v) is 3.03. The summed E-state index contributed by atoms with van der Waals surface area (Å²) in [4.78, 5) is 24.0. The molecule has 0 aliphatic carbocycles. The van der Waals surface area contributed by atoms with Crippen molar-refractivity contribution in [2.24, 2.45) is 7.05 Å². The Morgan fingerprint density at radius 2 is 2.35 bits per heavy atom. The van der Waals surface area contributed by atoms with Gasteiger partial charge in [0, 0.05) is 23.6 Å². The van der Waals surface area contributed by atoms with Gasteiger partial charge in [-0.25, -0.2) is 4.68 Å². The molecule has 0 aliphatic rings. The third-order valence-electron chi connectivity index (χ3n) is 2.19. The lowest BCUT2D eigenvalue weighted by Gasteiger charge is -1.96. The van der Waals surface area contributed by atoms with Crippen molar-refractivity contribution in [3.63, 3.8) is 0 Å². The maximum Gasteiger partial charge on any atom is 0.267 e. The van der Waals surface area contributed by atoms with Gasteiger partial charge in [-0.1, -0.05) is 6.07 Å². The second-order valence-corrected chi connectivity index (χ2v) is 4.40. The van der Waals surface area contributed by atoms with Gasteiger partial charge in [-0.3, -0.25) is 9.59 Å². The van der Waals surface area contributed by atoms with Crippen molar-refractivity contribution in [3.05, 3.63) is 56.6 Å². The monoisotopic (exact) mass is 246 g/mol. The van der Waals surface area contributed by atoms with Crippen molar-refractivity contribution < 1.29 is 4.79 Å². The average molecular weight is 246 g/mol. The van der Waals surface area contributed by atoms with E-state index in [-0.39, 0.29) is 11.3 Å². The summed E-state index contributed by atoms with van der Waals surface area (Å²) in [5.41, 5.74) is 0.0151. The molecule has 0 aromatic carbocycles. The number of aryl methyl sites for hydroxylation is 1. The lowest BCUT2D eigenvalue weighted by Crippen LogP contribution is -2.19. The quantitative estimate of drug-likeness (QED) is 0.612. The molecule has 0 bridgehead atoms. The SMILES string of the molecule is Cn1ncc(C(=O)/C=C/c2cccs2)cc1=O. The van der Waals surface area contributed by atoms with E-state index in [1.807, 2.05) is 17.5 Å². The lowest BCUT2D eigenvalue weighted by molar-refractivity contribution is 0.104. The van der Waals surface area contributed by atoms with Crippen LogP contribution in [0.1, 0.15) is 15.2 Å². The minimum absolute atomic E-state index is 0.219. The molecule has 2 heterocycles. The highest BCUT2D eigenvalue weighted by Gasteiger charge is 2.04. The molecule has 0 fully saturated rings. The molecule has 0 saturated carbocycles. The number of aromatic nitrogens is 2. The van der Waals surface area contributed by atoms with Gasteiger partial charge in [0.15, 0.2) is 5.78 Å². The van der Waals surface area contributed by atoms with Crippen molar-refractivity contribution in [1.29, 1.82) is 0 Å². The molecule has 5 heteroatoms. The van der Waals surface area contributed by atoms with Gasteiger partial charge in [-0.2, -0.15) is 5.10 Å². The van der Waals surface area contributed by atoms with Crippen molar-refractivity contribution in [2.75, 3.05) is 0 Å². The summed E-state index contributed by atoms with van der Waals surface area (Å²) in [6, 6.07) is 5.11. The van der Waals surface area contributed by atoms with Crippen LogP contribution in [0.15, 0.2) is 40.6 Å². The molecule has 0 unspecified atom stereocenters. The van der Waals surface area contributed by atoms with E-state index in [0.29, 0.717) is 5.56 Å². The van der Waals surface area contributed by atoms with Crippen LogP contribution in [0.2, 0.25) is 0 Å². The van der Waals surface area contributed by atoms with Crippen molar-refractivity contribution in [2.45, 2.75) is 0 Å². The highest BCUT2D eigenvalue weighted by molar-refractivity contribution is 7.10. The van der Waals surface area contributed by atoms with Gasteiger partial charge in [0.05, 0.1) is 6.20 Å². The molecule has 2 rings (SSSR count). The van der Waals surface area contributed by atoms with E-state index in [1.54, 1.807) is 17.4 Å². The summed E-state index contributed by atoms with van der Waals surface area (Å²) in [7, 11) is 1.54. The zero-order chi connectivity index (χ0) is 12.3. The number of ketones is 1. The van der Waals surface area contributed by atoms with Crippen LogP contribution in [0.25, 0.3) is 6.08 Å². The summed E-state index contributed by atoms with van der Waals surface area (Å²) in [5.74, 6) is -0.219. The van der Waals surface area contributed by atoms with Gasteiger partial charge in [0.1, 0.15) is 0 Å². The predicted molar refractivity (Wildman–Crippen MR) is 67.2 cm³/mol. The third kappa shape index (κ3) is 2.76. The second kappa shape index (κ2) is 4.88. The van der Waals surface area contributed by atoms with Gasteiger partial charge < -0.3 is 0 Å².